The molecule has 2 aliphatic rings. The summed E-state index contributed by atoms with van der Waals surface area (Å²) in [5.74, 6) is 1.70. The van der Waals surface area contributed by atoms with Crippen molar-refractivity contribution < 1.29 is 4.74 Å². The summed E-state index contributed by atoms with van der Waals surface area (Å²) in [5.41, 5.74) is 4.15. The number of fused-ring (bicyclic) bond motifs is 1. The third-order valence-electron chi connectivity index (χ3n) is 4.99. The van der Waals surface area contributed by atoms with Crippen LogP contribution in [-0.4, -0.2) is 46.4 Å². The SMILES string of the molecule is CN=C(NCCCOCC1CC1)NCc1ccc2c(c1)CCCN2C.I. The van der Waals surface area contributed by atoms with E-state index in [1.807, 2.05) is 7.05 Å². The van der Waals surface area contributed by atoms with Crippen LogP contribution in [0.15, 0.2) is 23.2 Å². The minimum absolute atomic E-state index is 0. The van der Waals surface area contributed by atoms with Crippen LogP contribution in [0.2, 0.25) is 0 Å². The maximum absolute atomic E-state index is 5.66. The zero-order valence-corrected chi connectivity index (χ0v) is 18.4. The van der Waals surface area contributed by atoms with Crippen molar-refractivity contribution >= 4 is 35.6 Å². The van der Waals surface area contributed by atoms with Crippen LogP contribution in [0.1, 0.15) is 36.8 Å². The molecule has 1 aromatic carbocycles. The smallest absolute Gasteiger partial charge is 0.191 e. The van der Waals surface area contributed by atoms with Crippen molar-refractivity contribution in [1.82, 2.24) is 10.6 Å². The number of nitrogens with zero attached hydrogens (tertiary/aromatic N) is 2. The van der Waals surface area contributed by atoms with Crippen LogP contribution < -0.4 is 15.5 Å². The van der Waals surface area contributed by atoms with Gasteiger partial charge in [0.05, 0.1) is 0 Å². The lowest BCUT2D eigenvalue weighted by Crippen LogP contribution is -2.37. The first-order valence-corrected chi connectivity index (χ1v) is 9.61. The quantitative estimate of drug-likeness (QED) is 0.264. The van der Waals surface area contributed by atoms with E-state index < -0.39 is 0 Å². The second-order valence-electron chi connectivity index (χ2n) is 7.21. The Labute approximate surface area is 175 Å². The predicted molar refractivity (Wildman–Crippen MR) is 120 cm³/mol. The van der Waals surface area contributed by atoms with E-state index in [2.05, 4.69) is 45.8 Å². The van der Waals surface area contributed by atoms with E-state index in [0.29, 0.717) is 0 Å². The highest BCUT2D eigenvalue weighted by molar-refractivity contribution is 14.0. The molecule has 146 valence electrons. The van der Waals surface area contributed by atoms with Crippen molar-refractivity contribution in [3.8, 4) is 0 Å². The molecule has 0 atom stereocenters. The number of ether oxygens (including phenoxy) is 1. The van der Waals surface area contributed by atoms with Gasteiger partial charge in [-0.15, -0.1) is 24.0 Å². The molecule has 1 heterocycles. The number of benzene rings is 1. The summed E-state index contributed by atoms with van der Waals surface area (Å²) in [6.07, 6.45) is 6.15. The predicted octanol–water partition coefficient (Wildman–Crippen LogP) is 3.17. The molecule has 1 fully saturated rings. The van der Waals surface area contributed by atoms with Crippen LogP contribution in [0.5, 0.6) is 0 Å². The molecule has 6 heteroatoms. The maximum atomic E-state index is 5.66. The molecule has 1 saturated carbocycles. The summed E-state index contributed by atoms with van der Waals surface area (Å²) in [4.78, 5) is 6.65. The van der Waals surface area contributed by atoms with Gasteiger partial charge in [-0.1, -0.05) is 12.1 Å². The van der Waals surface area contributed by atoms with Gasteiger partial charge in [0.1, 0.15) is 0 Å². The Bertz CT molecular complexity index is 589. The Morgan fingerprint density at radius 3 is 2.92 bits per heavy atom. The summed E-state index contributed by atoms with van der Waals surface area (Å²) >= 11 is 0. The van der Waals surface area contributed by atoms with Crippen LogP contribution in [0.25, 0.3) is 0 Å². The van der Waals surface area contributed by atoms with Gasteiger partial charge in [0.25, 0.3) is 0 Å². The highest BCUT2D eigenvalue weighted by atomic mass is 127. The van der Waals surface area contributed by atoms with E-state index in [1.54, 1.807) is 0 Å². The van der Waals surface area contributed by atoms with Gasteiger partial charge >= 0.3 is 0 Å². The molecule has 26 heavy (non-hydrogen) atoms. The van der Waals surface area contributed by atoms with E-state index in [4.69, 9.17) is 4.74 Å². The first-order chi connectivity index (χ1) is 12.3. The lowest BCUT2D eigenvalue weighted by Gasteiger charge is -2.28. The van der Waals surface area contributed by atoms with Crippen LogP contribution >= 0.6 is 24.0 Å². The Morgan fingerprint density at radius 2 is 2.15 bits per heavy atom. The van der Waals surface area contributed by atoms with E-state index in [1.165, 1.54) is 42.5 Å². The molecule has 0 amide bonds. The van der Waals surface area contributed by atoms with Gasteiger partial charge in [-0.25, -0.2) is 0 Å². The van der Waals surface area contributed by atoms with E-state index >= 15 is 0 Å². The molecular weight excluding hydrogens is 439 g/mol. The summed E-state index contributed by atoms with van der Waals surface area (Å²) in [6.45, 7) is 4.62. The number of aryl methyl sites for hydroxylation is 1. The van der Waals surface area contributed by atoms with Crippen LogP contribution in [0, 0.1) is 5.92 Å². The Balaban J connectivity index is 0.00000243. The van der Waals surface area contributed by atoms with E-state index in [-0.39, 0.29) is 24.0 Å². The van der Waals surface area contributed by atoms with Gasteiger partial charge in [-0.05, 0) is 55.2 Å². The lowest BCUT2D eigenvalue weighted by atomic mass is 9.99. The molecule has 2 N–H and O–H groups in total. The fourth-order valence-electron chi connectivity index (χ4n) is 3.27. The number of aliphatic imine (C=N–C) groups is 1. The molecular formula is C20H33IN4O. The molecule has 3 rings (SSSR count). The number of nitrogens with one attached hydrogen (secondary N) is 2. The minimum Gasteiger partial charge on any atom is -0.381 e. The minimum atomic E-state index is 0. The highest BCUT2D eigenvalue weighted by Crippen LogP contribution is 2.28. The molecule has 0 aromatic heterocycles. The van der Waals surface area contributed by atoms with Crippen molar-refractivity contribution in [2.75, 3.05) is 45.3 Å². The number of hydrogen-bond acceptors (Lipinski definition) is 3. The number of anilines is 1. The first-order valence-electron chi connectivity index (χ1n) is 9.61. The molecule has 0 saturated heterocycles. The zero-order chi connectivity index (χ0) is 17.5. The first kappa shape index (κ1) is 21.3. The van der Waals surface area contributed by atoms with Crippen molar-refractivity contribution in [2.45, 2.75) is 38.6 Å². The van der Waals surface area contributed by atoms with Gasteiger partial charge in [-0.3, -0.25) is 4.99 Å². The topological polar surface area (TPSA) is 48.9 Å². The van der Waals surface area contributed by atoms with E-state index in [9.17, 15) is 0 Å². The van der Waals surface area contributed by atoms with Gasteiger partial charge in [0.2, 0.25) is 0 Å². The molecule has 0 spiro atoms. The Morgan fingerprint density at radius 1 is 1.31 bits per heavy atom. The van der Waals surface area contributed by atoms with Gasteiger partial charge in [-0.2, -0.15) is 0 Å². The normalized spacial score (nSPS) is 16.7. The molecule has 5 nitrogen and oxygen atoms in total. The van der Waals surface area contributed by atoms with Crippen molar-refractivity contribution in [1.29, 1.82) is 0 Å². The lowest BCUT2D eigenvalue weighted by molar-refractivity contribution is 0.123. The standard InChI is InChI=1S/C20H32N4O.HI/c1-21-20(22-10-4-12-25-15-16-6-7-16)23-14-17-8-9-19-18(13-17)5-3-11-24(19)2;/h8-9,13,16H,3-7,10-12,14-15H2,1-2H3,(H2,21,22,23);1H. The summed E-state index contributed by atoms with van der Waals surface area (Å²) in [6, 6.07) is 6.79. The fourth-order valence-corrected chi connectivity index (χ4v) is 3.27. The molecule has 1 aliphatic heterocycles. The average molecular weight is 472 g/mol. The molecule has 0 bridgehead atoms. The second kappa shape index (κ2) is 11.0. The third-order valence-corrected chi connectivity index (χ3v) is 4.99. The number of rotatable bonds is 8. The number of hydrogen-bond donors (Lipinski definition) is 2. The monoisotopic (exact) mass is 472 g/mol. The molecule has 1 aliphatic carbocycles. The molecule has 1 aromatic rings. The number of guanidine groups is 1. The number of halogens is 1. The summed E-state index contributed by atoms with van der Waals surface area (Å²) in [5, 5.41) is 6.77. The second-order valence-corrected chi connectivity index (χ2v) is 7.21. The van der Waals surface area contributed by atoms with Gasteiger partial charge in [0.15, 0.2) is 5.96 Å². The Hall–Kier alpha value is -1.02. The highest BCUT2D eigenvalue weighted by Gasteiger charge is 2.20. The summed E-state index contributed by atoms with van der Waals surface area (Å²) in [7, 11) is 4.00. The summed E-state index contributed by atoms with van der Waals surface area (Å²) < 4.78 is 5.66. The van der Waals surface area contributed by atoms with Crippen LogP contribution in [-0.2, 0) is 17.7 Å². The maximum Gasteiger partial charge on any atom is 0.191 e. The molecule has 0 unspecified atom stereocenters. The van der Waals surface area contributed by atoms with Crippen LogP contribution in [0.3, 0.4) is 0 Å². The van der Waals surface area contributed by atoms with Gasteiger partial charge in [0, 0.05) is 52.6 Å². The van der Waals surface area contributed by atoms with E-state index in [0.717, 1.165) is 51.1 Å². The Kier molecular flexibility index (Phi) is 8.98. The fraction of sp³-hybridized carbons (Fsp3) is 0.650. The third kappa shape index (κ3) is 6.61. The van der Waals surface area contributed by atoms with Crippen molar-refractivity contribution in [3.05, 3.63) is 29.3 Å². The molecule has 0 radical (unpaired) electrons. The van der Waals surface area contributed by atoms with Gasteiger partial charge < -0.3 is 20.3 Å². The largest absolute Gasteiger partial charge is 0.381 e. The van der Waals surface area contributed by atoms with Crippen molar-refractivity contribution in [3.63, 3.8) is 0 Å². The van der Waals surface area contributed by atoms with Crippen molar-refractivity contribution in [2.24, 2.45) is 10.9 Å². The average Bonchev–Trinajstić information content (AvgIpc) is 3.45. The van der Waals surface area contributed by atoms with Crippen LogP contribution in [0.4, 0.5) is 5.69 Å². The zero-order valence-electron chi connectivity index (χ0n) is 16.1.